The van der Waals surface area contributed by atoms with Gasteiger partial charge in [-0.2, -0.15) is 0 Å². The number of benzene rings is 2. The van der Waals surface area contributed by atoms with E-state index in [-0.39, 0.29) is 0 Å². The van der Waals surface area contributed by atoms with E-state index in [1.54, 1.807) is 18.2 Å². The third-order valence-corrected chi connectivity index (χ3v) is 2.47. The maximum absolute atomic E-state index is 6.01. The van der Waals surface area contributed by atoms with E-state index >= 15 is 0 Å². The van der Waals surface area contributed by atoms with Crippen LogP contribution in [0, 0.1) is 6.92 Å². The largest absolute Gasteiger partial charge is 0.456 e. The summed E-state index contributed by atoms with van der Waals surface area (Å²) in [6.45, 7) is 2.01. The van der Waals surface area contributed by atoms with Crippen molar-refractivity contribution in [2.24, 2.45) is 0 Å². The lowest BCUT2D eigenvalue weighted by Gasteiger charge is -2.08. The molecule has 2 N–H and O–H groups in total. The van der Waals surface area contributed by atoms with Gasteiger partial charge in [-0.1, -0.05) is 23.7 Å². The lowest BCUT2D eigenvalue weighted by molar-refractivity contribution is 0.482. The first kappa shape index (κ1) is 10.8. The Labute approximate surface area is 99.6 Å². The van der Waals surface area contributed by atoms with Crippen molar-refractivity contribution in [1.29, 1.82) is 0 Å². The molecule has 0 fully saturated rings. The summed E-state index contributed by atoms with van der Waals surface area (Å²) < 4.78 is 5.66. The van der Waals surface area contributed by atoms with Crippen LogP contribution in [0.5, 0.6) is 11.5 Å². The fourth-order valence-electron chi connectivity index (χ4n) is 1.41. The van der Waals surface area contributed by atoms with Crippen molar-refractivity contribution in [3.8, 4) is 11.5 Å². The van der Waals surface area contributed by atoms with Crippen molar-refractivity contribution in [2.75, 3.05) is 5.73 Å². The molecule has 0 amide bonds. The van der Waals surface area contributed by atoms with E-state index in [1.807, 2.05) is 31.2 Å². The van der Waals surface area contributed by atoms with E-state index in [2.05, 4.69) is 0 Å². The Morgan fingerprint density at radius 2 is 1.94 bits per heavy atom. The highest BCUT2D eigenvalue weighted by Gasteiger charge is 2.03. The van der Waals surface area contributed by atoms with Crippen LogP contribution < -0.4 is 10.5 Å². The smallest absolute Gasteiger partial charge is 0.146 e. The normalized spacial score (nSPS) is 10.1. The van der Waals surface area contributed by atoms with Gasteiger partial charge in [0.2, 0.25) is 0 Å². The summed E-state index contributed by atoms with van der Waals surface area (Å²) in [7, 11) is 0. The summed E-state index contributed by atoms with van der Waals surface area (Å²) in [6, 6.07) is 13.0. The van der Waals surface area contributed by atoms with Gasteiger partial charge in [-0.25, -0.2) is 0 Å². The highest BCUT2D eigenvalue weighted by Crippen LogP contribution is 2.30. The van der Waals surface area contributed by atoms with Crippen molar-refractivity contribution in [3.63, 3.8) is 0 Å². The number of nitrogen functional groups attached to an aromatic ring is 1. The molecule has 0 aliphatic rings. The third kappa shape index (κ3) is 2.47. The Morgan fingerprint density at radius 1 is 1.12 bits per heavy atom. The Balaban J connectivity index is 2.27. The molecule has 0 aliphatic heterocycles. The zero-order chi connectivity index (χ0) is 11.5. The molecule has 2 aromatic rings. The molecule has 16 heavy (non-hydrogen) atoms. The number of aryl methyl sites for hydroxylation is 1. The van der Waals surface area contributed by atoms with E-state index in [0.717, 1.165) is 11.3 Å². The van der Waals surface area contributed by atoms with Crippen molar-refractivity contribution in [2.45, 2.75) is 6.92 Å². The second-order valence-electron chi connectivity index (χ2n) is 3.61. The second kappa shape index (κ2) is 4.45. The molecule has 82 valence electrons. The first-order valence-corrected chi connectivity index (χ1v) is 5.32. The number of rotatable bonds is 2. The van der Waals surface area contributed by atoms with E-state index in [1.165, 1.54) is 0 Å². The van der Waals surface area contributed by atoms with Gasteiger partial charge in [-0.3, -0.25) is 0 Å². The predicted molar refractivity (Wildman–Crippen MR) is 67.1 cm³/mol. The van der Waals surface area contributed by atoms with E-state index in [0.29, 0.717) is 16.5 Å². The fraction of sp³-hybridized carbons (Fsp3) is 0.0769. The summed E-state index contributed by atoms with van der Waals surface area (Å²) in [6.07, 6.45) is 0. The van der Waals surface area contributed by atoms with Gasteiger partial charge >= 0.3 is 0 Å². The molecule has 0 bridgehead atoms. The van der Waals surface area contributed by atoms with E-state index in [4.69, 9.17) is 22.1 Å². The zero-order valence-corrected chi connectivity index (χ0v) is 9.66. The van der Waals surface area contributed by atoms with Crippen LogP contribution in [-0.2, 0) is 0 Å². The Morgan fingerprint density at radius 3 is 2.62 bits per heavy atom. The Kier molecular flexibility index (Phi) is 3.02. The van der Waals surface area contributed by atoms with Gasteiger partial charge in [0.15, 0.2) is 0 Å². The molecule has 2 nitrogen and oxygen atoms in total. The molecule has 0 aliphatic carbocycles. The van der Waals surface area contributed by atoms with E-state index < -0.39 is 0 Å². The molecule has 0 unspecified atom stereocenters. The molecule has 2 rings (SSSR count). The SMILES string of the molecule is Cc1cccc(Oc2ccc(N)cc2Cl)c1. The van der Waals surface area contributed by atoms with Gasteiger partial charge in [0, 0.05) is 5.69 Å². The van der Waals surface area contributed by atoms with Crippen LogP contribution in [-0.4, -0.2) is 0 Å². The van der Waals surface area contributed by atoms with Crippen LogP contribution in [0.25, 0.3) is 0 Å². The maximum Gasteiger partial charge on any atom is 0.146 e. The van der Waals surface area contributed by atoms with Crippen molar-refractivity contribution >= 4 is 17.3 Å². The maximum atomic E-state index is 6.01. The summed E-state index contributed by atoms with van der Waals surface area (Å²) >= 11 is 6.01. The summed E-state index contributed by atoms with van der Waals surface area (Å²) in [5.41, 5.74) is 7.37. The first-order valence-electron chi connectivity index (χ1n) is 4.95. The second-order valence-corrected chi connectivity index (χ2v) is 4.02. The molecule has 2 aromatic carbocycles. The van der Waals surface area contributed by atoms with Gasteiger partial charge in [0.1, 0.15) is 11.5 Å². The quantitative estimate of drug-likeness (QED) is 0.795. The van der Waals surface area contributed by atoms with Crippen LogP contribution in [0.1, 0.15) is 5.56 Å². The molecule has 0 heterocycles. The summed E-state index contributed by atoms with van der Waals surface area (Å²) in [4.78, 5) is 0. The molecule has 0 saturated carbocycles. The van der Waals surface area contributed by atoms with Gasteiger partial charge < -0.3 is 10.5 Å². The van der Waals surface area contributed by atoms with Crippen LogP contribution in [0.15, 0.2) is 42.5 Å². The summed E-state index contributed by atoms with van der Waals surface area (Å²) in [5.74, 6) is 1.38. The predicted octanol–water partition coefficient (Wildman–Crippen LogP) is 4.02. The minimum atomic E-state index is 0.515. The number of ether oxygens (including phenoxy) is 1. The minimum Gasteiger partial charge on any atom is -0.456 e. The zero-order valence-electron chi connectivity index (χ0n) is 8.91. The Hall–Kier alpha value is -1.67. The van der Waals surface area contributed by atoms with Gasteiger partial charge in [-0.05, 0) is 42.8 Å². The molecule has 0 saturated heterocycles. The molecule has 3 heteroatoms. The van der Waals surface area contributed by atoms with Crippen LogP contribution in [0.2, 0.25) is 5.02 Å². The van der Waals surface area contributed by atoms with Crippen molar-refractivity contribution in [3.05, 3.63) is 53.1 Å². The molecule has 0 aromatic heterocycles. The van der Waals surface area contributed by atoms with Crippen LogP contribution >= 0.6 is 11.6 Å². The summed E-state index contributed by atoms with van der Waals surface area (Å²) in [5, 5.41) is 0.515. The topological polar surface area (TPSA) is 35.2 Å². The molecule has 0 atom stereocenters. The molecule has 0 radical (unpaired) electrons. The van der Waals surface area contributed by atoms with Crippen LogP contribution in [0.4, 0.5) is 5.69 Å². The van der Waals surface area contributed by atoms with Gasteiger partial charge in [0.05, 0.1) is 5.02 Å². The lowest BCUT2D eigenvalue weighted by atomic mass is 10.2. The number of hydrogen-bond acceptors (Lipinski definition) is 2. The minimum absolute atomic E-state index is 0.515. The first-order chi connectivity index (χ1) is 7.65. The highest BCUT2D eigenvalue weighted by atomic mass is 35.5. The Bertz CT molecular complexity index is 511. The highest BCUT2D eigenvalue weighted by molar-refractivity contribution is 6.32. The van der Waals surface area contributed by atoms with Gasteiger partial charge in [0.25, 0.3) is 0 Å². The van der Waals surface area contributed by atoms with Gasteiger partial charge in [-0.15, -0.1) is 0 Å². The monoisotopic (exact) mass is 233 g/mol. The molecule has 0 spiro atoms. The van der Waals surface area contributed by atoms with E-state index in [9.17, 15) is 0 Å². The number of hydrogen-bond donors (Lipinski definition) is 1. The van der Waals surface area contributed by atoms with Crippen molar-refractivity contribution < 1.29 is 4.74 Å². The number of nitrogens with two attached hydrogens (primary N) is 1. The average molecular weight is 234 g/mol. The van der Waals surface area contributed by atoms with Crippen molar-refractivity contribution in [1.82, 2.24) is 0 Å². The molecular weight excluding hydrogens is 222 g/mol. The standard InChI is InChI=1S/C13H12ClNO/c1-9-3-2-4-11(7-9)16-13-6-5-10(15)8-12(13)14/h2-8H,15H2,1H3. The number of halogens is 1. The van der Waals surface area contributed by atoms with Crippen LogP contribution in [0.3, 0.4) is 0 Å². The lowest BCUT2D eigenvalue weighted by Crippen LogP contribution is -1.88. The number of anilines is 1. The third-order valence-electron chi connectivity index (χ3n) is 2.17. The fourth-order valence-corrected chi connectivity index (χ4v) is 1.63. The molecular formula is C13H12ClNO. The average Bonchev–Trinajstić information content (AvgIpc) is 2.22.